The zero-order valence-corrected chi connectivity index (χ0v) is 12.3. The molecule has 2 heteroatoms. The molecule has 0 unspecified atom stereocenters. The average molecular weight is 275 g/mol. The number of hydrogen-bond acceptors (Lipinski definition) is 1. The molecule has 0 heterocycles. The third-order valence-electron chi connectivity index (χ3n) is 4.95. The van der Waals surface area contributed by atoms with Gasteiger partial charge in [-0.1, -0.05) is 49.6 Å². The van der Waals surface area contributed by atoms with Gasteiger partial charge in [0.15, 0.2) is 0 Å². The van der Waals surface area contributed by atoms with E-state index in [0.717, 1.165) is 19.4 Å². The predicted molar refractivity (Wildman–Crippen MR) is 83.9 cm³/mol. The molecule has 0 aromatic heterocycles. The number of allylic oxidation sites excluding steroid dienone is 7. The fourth-order valence-corrected chi connectivity index (χ4v) is 3.62. The first-order valence-corrected chi connectivity index (χ1v) is 7.74. The quantitative estimate of drug-likeness (QED) is 0.577. The molecule has 0 radical (unpaired) electrons. The molecule has 2 aliphatic carbocycles. The van der Waals surface area contributed by atoms with Crippen LogP contribution in [0, 0.1) is 11.3 Å². The SMILES string of the molecule is C=C/C(F)=C\C=C1/CC=C[C@@H](C2(CN)CCCCC2)C1. The molecule has 110 valence electrons. The van der Waals surface area contributed by atoms with Gasteiger partial charge in [-0.2, -0.15) is 0 Å². The van der Waals surface area contributed by atoms with Crippen molar-refractivity contribution in [3.8, 4) is 0 Å². The molecule has 1 nitrogen and oxygen atoms in total. The zero-order valence-electron chi connectivity index (χ0n) is 12.3. The minimum absolute atomic E-state index is 0.269. The maximum Gasteiger partial charge on any atom is 0.122 e. The van der Waals surface area contributed by atoms with Gasteiger partial charge in [0.2, 0.25) is 0 Å². The highest BCUT2D eigenvalue weighted by Crippen LogP contribution is 2.46. The monoisotopic (exact) mass is 275 g/mol. The van der Waals surface area contributed by atoms with E-state index in [2.05, 4.69) is 18.7 Å². The zero-order chi connectivity index (χ0) is 14.4. The summed E-state index contributed by atoms with van der Waals surface area (Å²) in [7, 11) is 0. The Bertz CT molecular complexity index is 425. The van der Waals surface area contributed by atoms with E-state index in [9.17, 15) is 4.39 Å². The highest BCUT2D eigenvalue weighted by Gasteiger charge is 2.38. The smallest absolute Gasteiger partial charge is 0.122 e. The molecule has 2 aliphatic rings. The molecular weight excluding hydrogens is 249 g/mol. The van der Waals surface area contributed by atoms with E-state index in [4.69, 9.17) is 5.73 Å². The number of halogens is 1. The van der Waals surface area contributed by atoms with Crippen LogP contribution < -0.4 is 5.73 Å². The van der Waals surface area contributed by atoms with E-state index in [1.165, 1.54) is 49.8 Å². The Morgan fingerprint density at radius 2 is 2.15 bits per heavy atom. The summed E-state index contributed by atoms with van der Waals surface area (Å²) in [4.78, 5) is 0. The first kappa shape index (κ1) is 15.2. The van der Waals surface area contributed by atoms with Gasteiger partial charge in [0, 0.05) is 0 Å². The average Bonchev–Trinajstić information content (AvgIpc) is 2.53. The topological polar surface area (TPSA) is 26.0 Å². The van der Waals surface area contributed by atoms with Crippen molar-refractivity contribution in [1.82, 2.24) is 0 Å². The van der Waals surface area contributed by atoms with Crippen LogP contribution in [-0.2, 0) is 0 Å². The molecule has 0 amide bonds. The lowest BCUT2D eigenvalue weighted by atomic mass is 9.63. The maximum absolute atomic E-state index is 13.1. The van der Waals surface area contributed by atoms with Crippen LogP contribution in [0.2, 0.25) is 0 Å². The summed E-state index contributed by atoms with van der Waals surface area (Å²) < 4.78 is 13.1. The second kappa shape index (κ2) is 7.03. The molecule has 0 aromatic carbocycles. The van der Waals surface area contributed by atoms with Crippen LogP contribution in [0.5, 0.6) is 0 Å². The van der Waals surface area contributed by atoms with Crippen LogP contribution in [-0.4, -0.2) is 6.54 Å². The fraction of sp³-hybridized carbons (Fsp3) is 0.556. The normalized spacial score (nSPS) is 28.6. The van der Waals surface area contributed by atoms with Crippen molar-refractivity contribution in [3.05, 3.63) is 48.4 Å². The van der Waals surface area contributed by atoms with Gasteiger partial charge in [-0.15, -0.1) is 0 Å². The summed E-state index contributed by atoms with van der Waals surface area (Å²) in [6.07, 6.45) is 17.6. The molecule has 0 aliphatic heterocycles. The van der Waals surface area contributed by atoms with Crippen LogP contribution in [0.15, 0.2) is 48.4 Å². The molecule has 2 rings (SSSR count). The van der Waals surface area contributed by atoms with Crippen molar-refractivity contribution in [1.29, 1.82) is 0 Å². The highest BCUT2D eigenvalue weighted by atomic mass is 19.1. The molecule has 0 bridgehead atoms. The number of rotatable bonds is 4. The second-order valence-electron chi connectivity index (χ2n) is 6.15. The first-order valence-electron chi connectivity index (χ1n) is 7.74. The van der Waals surface area contributed by atoms with Gasteiger partial charge in [-0.3, -0.25) is 0 Å². The van der Waals surface area contributed by atoms with Crippen LogP contribution >= 0.6 is 0 Å². The van der Waals surface area contributed by atoms with Crippen LogP contribution in [0.1, 0.15) is 44.9 Å². The molecule has 0 spiro atoms. The molecule has 20 heavy (non-hydrogen) atoms. The van der Waals surface area contributed by atoms with Crippen molar-refractivity contribution >= 4 is 0 Å². The Hall–Kier alpha value is -1.15. The summed E-state index contributed by atoms with van der Waals surface area (Å²) in [5.74, 6) is 0.253. The summed E-state index contributed by atoms with van der Waals surface area (Å²) in [6, 6.07) is 0. The Morgan fingerprint density at radius 3 is 2.80 bits per heavy atom. The third-order valence-corrected chi connectivity index (χ3v) is 4.95. The van der Waals surface area contributed by atoms with E-state index in [1.807, 2.05) is 6.08 Å². The van der Waals surface area contributed by atoms with E-state index in [0.29, 0.717) is 5.92 Å². The lowest BCUT2D eigenvalue weighted by molar-refractivity contribution is 0.132. The summed E-state index contributed by atoms with van der Waals surface area (Å²) in [5, 5.41) is 0. The summed E-state index contributed by atoms with van der Waals surface area (Å²) in [6.45, 7) is 4.20. The molecule has 0 saturated heterocycles. The Labute approximate surface area is 122 Å². The lowest BCUT2D eigenvalue weighted by Crippen LogP contribution is -2.39. The first-order chi connectivity index (χ1) is 9.70. The van der Waals surface area contributed by atoms with E-state index < -0.39 is 0 Å². The van der Waals surface area contributed by atoms with Gasteiger partial charge in [0.1, 0.15) is 5.83 Å². The largest absolute Gasteiger partial charge is 0.330 e. The van der Waals surface area contributed by atoms with Gasteiger partial charge in [0.05, 0.1) is 0 Å². The van der Waals surface area contributed by atoms with E-state index in [-0.39, 0.29) is 11.2 Å². The van der Waals surface area contributed by atoms with Gasteiger partial charge in [0.25, 0.3) is 0 Å². The van der Waals surface area contributed by atoms with Crippen molar-refractivity contribution < 1.29 is 4.39 Å². The van der Waals surface area contributed by atoms with Crippen molar-refractivity contribution in [3.63, 3.8) is 0 Å². The summed E-state index contributed by atoms with van der Waals surface area (Å²) in [5.41, 5.74) is 7.69. The highest BCUT2D eigenvalue weighted by molar-refractivity contribution is 5.25. The minimum atomic E-state index is -0.269. The second-order valence-corrected chi connectivity index (χ2v) is 6.15. The Balaban J connectivity index is 2.11. The van der Waals surface area contributed by atoms with Gasteiger partial charge in [-0.05, 0) is 55.7 Å². The summed E-state index contributed by atoms with van der Waals surface area (Å²) >= 11 is 0. The lowest BCUT2D eigenvalue weighted by Gasteiger charge is -2.43. The number of nitrogens with two attached hydrogens (primary N) is 1. The molecule has 1 fully saturated rings. The Morgan fingerprint density at radius 1 is 1.40 bits per heavy atom. The van der Waals surface area contributed by atoms with Crippen molar-refractivity contribution in [2.75, 3.05) is 6.54 Å². The van der Waals surface area contributed by atoms with E-state index >= 15 is 0 Å². The van der Waals surface area contributed by atoms with Gasteiger partial charge >= 0.3 is 0 Å². The molecule has 2 N–H and O–H groups in total. The molecule has 0 aromatic rings. The van der Waals surface area contributed by atoms with Crippen molar-refractivity contribution in [2.24, 2.45) is 17.1 Å². The molecular formula is C18H26FN. The van der Waals surface area contributed by atoms with Gasteiger partial charge < -0.3 is 5.73 Å². The predicted octanol–water partition coefficient (Wildman–Crippen LogP) is 4.83. The van der Waals surface area contributed by atoms with E-state index in [1.54, 1.807) is 0 Å². The maximum atomic E-state index is 13.1. The fourth-order valence-electron chi connectivity index (χ4n) is 3.62. The molecule has 1 atom stereocenters. The van der Waals surface area contributed by atoms with Crippen LogP contribution in [0.25, 0.3) is 0 Å². The standard InChI is InChI=1S/C18H26FN/c1-2-17(19)10-9-15-7-6-8-16(13-15)18(14-20)11-4-3-5-12-18/h2,6,8-10,16H,1,3-5,7,11-14,20H2/b15-9+,17-10+/t16-/m1/s1. The van der Waals surface area contributed by atoms with Crippen LogP contribution in [0.3, 0.4) is 0 Å². The Kier molecular flexibility index (Phi) is 5.36. The van der Waals surface area contributed by atoms with Crippen LogP contribution in [0.4, 0.5) is 4.39 Å². The minimum Gasteiger partial charge on any atom is -0.330 e. The van der Waals surface area contributed by atoms with Gasteiger partial charge in [-0.25, -0.2) is 4.39 Å². The van der Waals surface area contributed by atoms with Crippen molar-refractivity contribution in [2.45, 2.75) is 44.9 Å². The third kappa shape index (κ3) is 3.49. The number of hydrogen-bond donors (Lipinski definition) is 1. The molecule has 1 saturated carbocycles.